The highest BCUT2D eigenvalue weighted by atomic mass is 16.5. The highest BCUT2D eigenvalue weighted by Gasteiger charge is 2.07. The molecule has 0 aliphatic heterocycles. The van der Waals surface area contributed by atoms with Gasteiger partial charge in [-0.2, -0.15) is 0 Å². The summed E-state index contributed by atoms with van der Waals surface area (Å²) in [4.78, 5) is 11.9. The normalized spacial score (nSPS) is 10.3. The molecule has 0 aliphatic rings. The lowest BCUT2D eigenvalue weighted by molar-refractivity contribution is -0.123. The van der Waals surface area contributed by atoms with E-state index < -0.39 is 0 Å². The Morgan fingerprint density at radius 3 is 2.38 bits per heavy atom. The predicted molar refractivity (Wildman–Crippen MR) is 109 cm³/mol. The summed E-state index contributed by atoms with van der Waals surface area (Å²) in [5.41, 5.74) is 2.97. The third-order valence-electron chi connectivity index (χ3n) is 4.09. The SMILES string of the molecule is COc1ccccc1OCC(=O)NCCOc1ccc(-c2ccc(C)cc2)nn1. The molecule has 0 radical (unpaired) electrons. The molecule has 3 rings (SSSR count). The molecular formula is C22H23N3O4. The van der Waals surface area contributed by atoms with Crippen molar-refractivity contribution in [3.05, 3.63) is 66.2 Å². The van der Waals surface area contributed by atoms with E-state index in [-0.39, 0.29) is 19.1 Å². The van der Waals surface area contributed by atoms with Gasteiger partial charge in [0.05, 0.1) is 19.3 Å². The minimum atomic E-state index is -0.250. The van der Waals surface area contributed by atoms with E-state index in [9.17, 15) is 4.79 Å². The summed E-state index contributed by atoms with van der Waals surface area (Å²) in [5, 5.41) is 11.0. The number of hydrogen-bond acceptors (Lipinski definition) is 6. The van der Waals surface area contributed by atoms with E-state index in [1.807, 2.05) is 49.4 Å². The number of nitrogens with zero attached hydrogens (tertiary/aromatic N) is 2. The molecule has 0 spiro atoms. The van der Waals surface area contributed by atoms with Gasteiger partial charge in [-0.3, -0.25) is 4.79 Å². The molecule has 1 amide bonds. The van der Waals surface area contributed by atoms with Gasteiger partial charge in [-0.15, -0.1) is 10.2 Å². The van der Waals surface area contributed by atoms with Crippen LogP contribution in [0.1, 0.15) is 5.56 Å². The molecule has 2 aromatic carbocycles. The molecule has 0 atom stereocenters. The van der Waals surface area contributed by atoms with Gasteiger partial charge in [0.15, 0.2) is 18.1 Å². The van der Waals surface area contributed by atoms with E-state index in [0.717, 1.165) is 11.3 Å². The largest absolute Gasteiger partial charge is 0.493 e. The zero-order valence-corrected chi connectivity index (χ0v) is 16.4. The molecule has 29 heavy (non-hydrogen) atoms. The third-order valence-corrected chi connectivity index (χ3v) is 4.09. The molecule has 0 unspecified atom stereocenters. The van der Waals surface area contributed by atoms with Crippen LogP contribution in [0.2, 0.25) is 0 Å². The Labute approximate surface area is 169 Å². The van der Waals surface area contributed by atoms with Crippen LogP contribution in [0.5, 0.6) is 17.4 Å². The monoisotopic (exact) mass is 393 g/mol. The van der Waals surface area contributed by atoms with Gasteiger partial charge < -0.3 is 19.5 Å². The van der Waals surface area contributed by atoms with E-state index >= 15 is 0 Å². The smallest absolute Gasteiger partial charge is 0.258 e. The summed E-state index contributed by atoms with van der Waals surface area (Å²) in [6.45, 7) is 2.54. The Kier molecular flexibility index (Phi) is 7.00. The second kappa shape index (κ2) is 10.1. The first-order chi connectivity index (χ1) is 14.2. The van der Waals surface area contributed by atoms with Crippen LogP contribution in [-0.4, -0.2) is 43.0 Å². The summed E-state index contributed by atoms with van der Waals surface area (Å²) >= 11 is 0. The van der Waals surface area contributed by atoms with E-state index in [1.165, 1.54) is 5.56 Å². The molecule has 0 bridgehead atoms. The zero-order chi connectivity index (χ0) is 20.5. The number of ether oxygens (including phenoxy) is 3. The molecule has 0 saturated heterocycles. The predicted octanol–water partition coefficient (Wildman–Crippen LogP) is 3.03. The maximum atomic E-state index is 11.9. The van der Waals surface area contributed by atoms with Crippen LogP contribution >= 0.6 is 0 Å². The van der Waals surface area contributed by atoms with Gasteiger partial charge in [0, 0.05) is 11.6 Å². The number of rotatable bonds is 9. The maximum Gasteiger partial charge on any atom is 0.258 e. The van der Waals surface area contributed by atoms with Gasteiger partial charge in [-0.25, -0.2) is 0 Å². The lowest BCUT2D eigenvalue weighted by Gasteiger charge is -2.10. The van der Waals surface area contributed by atoms with Gasteiger partial charge in [-0.05, 0) is 25.1 Å². The van der Waals surface area contributed by atoms with Crippen LogP contribution in [0.4, 0.5) is 0 Å². The van der Waals surface area contributed by atoms with Crippen LogP contribution in [0.15, 0.2) is 60.7 Å². The fourth-order valence-corrected chi connectivity index (χ4v) is 2.55. The molecule has 7 nitrogen and oxygen atoms in total. The summed E-state index contributed by atoms with van der Waals surface area (Å²) in [6, 6.07) is 18.8. The zero-order valence-electron chi connectivity index (χ0n) is 16.4. The summed E-state index contributed by atoms with van der Waals surface area (Å²) in [7, 11) is 1.55. The number of amides is 1. The Balaban J connectivity index is 1.38. The average molecular weight is 393 g/mol. The van der Waals surface area contributed by atoms with Crippen LogP contribution in [0.3, 0.4) is 0 Å². The second-order valence-corrected chi connectivity index (χ2v) is 6.26. The van der Waals surface area contributed by atoms with Crippen LogP contribution in [-0.2, 0) is 4.79 Å². The van der Waals surface area contributed by atoms with E-state index in [0.29, 0.717) is 23.9 Å². The van der Waals surface area contributed by atoms with Gasteiger partial charge in [0.2, 0.25) is 5.88 Å². The van der Waals surface area contributed by atoms with Crippen LogP contribution in [0.25, 0.3) is 11.3 Å². The topological polar surface area (TPSA) is 82.6 Å². The van der Waals surface area contributed by atoms with Gasteiger partial charge in [0.25, 0.3) is 5.91 Å². The van der Waals surface area contributed by atoms with Crippen molar-refractivity contribution < 1.29 is 19.0 Å². The highest BCUT2D eigenvalue weighted by molar-refractivity contribution is 5.77. The van der Waals surface area contributed by atoms with Gasteiger partial charge in [0.1, 0.15) is 6.61 Å². The number of hydrogen-bond donors (Lipinski definition) is 1. The van der Waals surface area contributed by atoms with Crippen LogP contribution < -0.4 is 19.5 Å². The average Bonchev–Trinajstić information content (AvgIpc) is 2.76. The van der Waals surface area contributed by atoms with Crippen molar-refractivity contribution in [2.45, 2.75) is 6.92 Å². The third kappa shape index (κ3) is 5.93. The first-order valence-corrected chi connectivity index (χ1v) is 9.22. The van der Waals surface area contributed by atoms with Crippen molar-refractivity contribution in [2.24, 2.45) is 0 Å². The Hall–Kier alpha value is -3.61. The lowest BCUT2D eigenvalue weighted by Crippen LogP contribution is -2.32. The summed E-state index contributed by atoms with van der Waals surface area (Å²) in [6.07, 6.45) is 0. The Morgan fingerprint density at radius 2 is 1.69 bits per heavy atom. The molecule has 3 aromatic rings. The molecule has 1 N–H and O–H groups in total. The molecule has 1 aromatic heterocycles. The van der Waals surface area contributed by atoms with Crippen molar-refractivity contribution in [3.8, 4) is 28.6 Å². The Bertz CT molecular complexity index is 928. The minimum absolute atomic E-state index is 0.106. The van der Waals surface area contributed by atoms with Crippen molar-refractivity contribution in [1.29, 1.82) is 0 Å². The first kappa shape index (κ1) is 20.1. The van der Waals surface area contributed by atoms with E-state index in [2.05, 4.69) is 15.5 Å². The first-order valence-electron chi connectivity index (χ1n) is 9.22. The minimum Gasteiger partial charge on any atom is -0.493 e. The van der Waals surface area contributed by atoms with Gasteiger partial charge in [-0.1, -0.05) is 42.0 Å². The Morgan fingerprint density at radius 1 is 0.931 bits per heavy atom. The number of nitrogens with one attached hydrogen (secondary N) is 1. The fourth-order valence-electron chi connectivity index (χ4n) is 2.55. The second-order valence-electron chi connectivity index (χ2n) is 6.26. The van der Waals surface area contributed by atoms with Crippen molar-refractivity contribution in [2.75, 3.05) is 26.9 Å². The maximum absolute atomic E-state index is 11.9. The number of benzene rings is 2. The van der Waals surface area contributed by atoms with Crippen molar-refractivity contribution in [1.82, 2.24) is 15.5 Å². The summed E-state index contributed by atoms with van der Waals surface area (Å²) < 4.78 is 16.2. The standard InChI is InChI=1S/C22H23N3O4/c1-16-7-9-17(10-8-16)18-11-12-22(25-24-18)28-14-13-23-21(26)15-29-20-6-4-3-5-19(20)27-2/h3-12H,13-15H2,1-2H3,(H,23,26). The number of aryl methyl sites for hydroxylation is 1. The number of para-hydroxylation sites is 2. The molecular weight excluding hydrogens is 370 g/mol. The van der Waals surface area contributed by atoms with E-state index in [1.54, 1.807) is 25.3 Å². The highest BCUT2D eigenvalue weighted by Crippen LogP contribution is 2.25. The molecule has 150 valence electrons. The number of carbonyl (C=O) groups is 1. The van der Waals surface area contributed by atoms with Crippen molar-refractivity contribution >= 4 is 5.91 Å². The summed E-state index contributed by atoms with van der Waals surface area (Å²) in [5.74, 6) is 1.25. The fraction of sp³-hybridized carbons (Fsp3) is 0.227. The number of methoxy groups -OCH3 is 1. The van der Waals surface area contributed by atoms with Crippen molar-refractivity contribution in [3.63, 3.8) is 0 Å². The molecule has 7 heteroatoms. The number of carbonyl (C=O) groups excluding carboxylic acids is 1. The molecule has 0 aliphatic carbocycles. The lowest BCUT2D eigenvalue weighted by atomic mass is 10.1. The quantitative estimate of drug-likeness (QED) is 0.563. The van der Waals surface area contributed by atoms with Gasteiger partial charge >= 0.3 is 0 Å². The van der Waals surface area contributed by atoms with E-state index in [4.69, 9.17) is 14.2 Å². The van der Waals surface area contributed by atoms with Crippen LogP contribution in [0, 0.1) is 6.92 Å². The molecule has 1 heterocycles. The molecule has 0 fully saturated rings. The molecule has 0 saturated carbocycles. The number of aromatic nitrogens is 2.